The first-order chi connectivity index (χ1) is 6.82. The van der Waals surface area contributed by atoms with Crippen molar-refractivity contribution in [3.63, 3.8) is 0 Å². The summed E-state index contributed by atoms with van der Waals surface area (Å²) in [6, 6.07) is 1.01. The van der Waals surface area contributed by atoms with E-state index < -0.39 is 0 Å². The molecule has 2 unspecified atom stereocenters. The van der Waals surface area contributed by atoms with Crippen LogP contribution in [0, 0.1) is 11.3 Å². The summed E-state index contributed by atoms with van der Waals surface area (Å²) in [4.78, 5) is 0. The molecule has 15 heavy (non-hydrogen) atoms. The zero-order chi connectivity index (χ0) is 12.1. The molecule has 0 aliphatic rings. The molecular weight excluding hydrogens is 186 g/mol. The molecule has 0 saturated heterocycles. The lowest BCUT2D eigenvalue weighted by Gasteiger charge is -2.35. The number of hydrogen-bond donors (Lipinski definition) is 1. The Labute approximate surface area is 95.8 Å². The van der Waals surface area contributed by atoms with Gasteiger partial charge in [-0.15, -0.1) is 0 Å². The fourth-order valence-electron chi connectivity index (χ4n) is 1.85. The number of rotatable bonds is 6. The second-order valence-electron chi connectivity index (χ2n) is 5.80. The summed E-state index contributed by atoms with van der Waals surface area (Å²) in [7, 11) is 1.77. The lowest BCUT2D eigenvalue weighted by Crippen LogP contribution is -2.49. The highest BCUT2D eigenvalue weighted by molar-refractivity contribution is 4.83. The summed E-state index contributed by atoms with van der Waals surface area (Å²) in [5.74, 6) is 0.612. The predicted octanol–water partition coefficient (Wildman–Crippen LogP) is 3.07. The van der Waals surface area contributed by atoms with Gasteiger partial charge in [0.05, 0.1) is 6.61 Å². The van der Waals surface area contributed by atoms with Crippen molar-refractivity contribution in [3.8, 4) is 0 Å². The molecule has 92 valence electrons. The van der Waals surface area contributed by atoms with Crippen LogP contribution >= 0.6 is 0 Å². The summed E-state index contributed by atoms with van der Waals surface area (Å²) >= 11 is 0. The van der Waals surface area contributed by atoms with Gasteiger partial charge in [-0.2, -0.15) is 0 Å². The maximum Gasteiger partial charge on any atom is 0.0618 e. The van der Waals surface area contributed by atoms with Crippen LogP contribution in [0.2, 0.25) is 0 Å². The molecule has 0 aromatic carbocycles. The van der Waals surface area contributed by atoms with E-state index in [4.69, 9.17) is 4.74 Å². The molecule has 0 rings (SSSR count). The molecule has 2 heteroatoms. The lowest BCUT2D eigenvalue weighted by molar-refractivity contribution is 0.122. The van der Waals surface area contributed by atoms with Crippen molar-refractivity contribution in [2.24, 2.45) is 11.3 Å². The van der Waals surface area contributed by atoms with E-state index in [0.717, 1.165) is 13.0 Å². The van der Waals surface area contributed by atoms with Gasteiger partial charge in [-0.05, 0) is 17.8 Å². The summed E-state index contributed by atoms with van der Waals surface area (Å²) in [6.45, 7) is 14.4. The standard InChI is InChI=1S/C13H29NO/c1-8-12(13(4,5)6)14-11(9-15-7)10(2)3/h10-12,14H,8-9H2,1-7H3. The molecular formula is C13H29NO. The van der Waals surface area contributed by atoms with E-state index in [9.17, 15) is 0 Å². The van der Waals surface area contributed by atoms with Gasteiger partial charge >= 0.3 is 0 Å². The molecule has 0 fully saturated rings. The fourth-order valence-corrected chi connectivity index (χ4v) is 1.85. The number of ether oxygens (including phenoxy) is 1. The Balaban J connectivity index is 4.35. The third kappa shape index (κ3) is 5.53. The minimum Gasteiger partial charge on any atom is -0.383 e. The Morgan fingerprint density at radius 2 is 1.73 bits per heavy atom. The third-order valence-electron chi connectivity index (χ3n) is 3.02. The van der Waals surface area contributed by atoms with Crippen LogP contribution in [0.1, 0.15) is 48.0 Å². The van der Waals surface area contributed by atoms with Crippen LogP contribution in [-0.4, -0.2) is 25.8 Å². The van der Waals surface area contributed by atoms with Crippen LogP contribution in [0.3, 0.4) is 0 Å². The Bertz CT molecular complexity index is 160. The van der Waals surface area contributed by atoms with Crippen molar-refractivity contribution < 1.29 is 4.74 Å². The molecule has 1 N–H and O–H groups in total. The van der Waals surface area contributed by atoms with Crippen LogP contribution < -0.4 is 5.32 Å². The molecule has 0 radical (unpaired) electrons. The number of nitrogens with one attached hydrogen (secondary N) is 1. The highest BCUT2D eigenvalue weighted by Crippen LogP contribution is 2.22. The van der Waals surface area contributed by atoms with Gasteiger partial charge in [0, 0.05) is 19.2 Å². The highest BCUT2D eigenvalue weighted by Gasteiger charge is 2.26. The maximum atomic E-state index is 5.26. The topological polar surface area (TPSA) is 21.3 Å². The molecule has 0 heterocycles. The van der Waals surface area contributed by atoms with Gasteiger partial charge in [-0.1, -0.05) is 41.5 Å². The average Bonchev–Trinajstić information content (AvgIpc) is 2.09. The van der Waals surface area contributed by atoms with Gasteiger partial charge < -0.3 is 10.1 Å². The molecule has 0 aromatic rings. The van der Waals surface area contributed by atoms with E-state index in [1.165, 1.54) is 0 Å². The van der Waals surface area contributed by atoms with E-state index in [1.54, 1.807) is 7.11 Å². The summed E-state index contributed by atoms with van der Waals surface area (Å²) in [5, 5.41) is 3.72. The molecule has 0 aliphatic carbocycles. The van der Waals surface area contributed by atoms with E-state index in [0.29, 0.717) is 23.4 Å². The van der Waals surface area contributed by atoms with Crippen LogP contribution in [0.15, 0.2) is 0 Å². The molecule has 0 spiro atoms. The maximum absolute atomic E-state index is 5.26. The first kappa shape index (κ1) is 14.9. The van der Waals surface area contributed by atoms with Gasteiger partial charge in [0.1, 0.15) is 0 Å². The van der Waals surface area contributed by atoms with Crippen molar-refractivity contribution in [2.45, 2.75) is 60.0 Å². The monoisotopic (exact) mass is 215 g/mol. The van der Waals surface area contributed by atoms with Crippen LogP contribution in [0.4, 0.5) is 0 Å². The minimum atomic E-state index is 0.315. The van der Waals surface area contributed by atoms with E-state index >= 15 is 0 Å². The summed E-state index contributed by atoms with van der Waals surface area (Å²) in [6.07, 6.45) is 1.16. The van der Waals surface area contributed by atoms with Crippen molar-refractivity contribution in [1.29, 1.82) is 0 Å². The van der Waals surface area contributed by atoms with E-state index in [2.05, 4.69) is 46.9 Å². The van der Waals surface area contributed by atoms with E-state index in [1.807, 2.05) is 0 Å². The van der Waals surface area contributed by atoms with Gasteiger partial charge in [-0.25, -0.2) is 0 Å². The van der Waals surface area contributed by atoms with Gasteiger partial charge in [0.25, 0.3) is 0 Å². The summed E-state index contributed by atoms with van der Waals surface area (Å²) < 4.78 is 5.26. The SMILES string of the molecule is CCC(NC(COC)C(C)C)C(C)(C)C. The average molecular weight is 215 g/mol. The van der Waals surface area contributed by atoms with Crippen LogP contribution in [-0.2, 0) is 4.74 Å². The molecule has 2 nitrogen and oxygen atoms in total. The zero-order valence-electron chi connectivity index (χ0n) is 11.6. The summed E-state index contributed by atoms with van der Waals surface area (Å²) in [5.41, 5.74) is 0.315. The molecule has 0 amide bonds. The first-order valence-corrected chi connectivity index (χ1v) is 6.07. The molecule has 0 aromatic heterocycles. The van der Waals surface area contributed by atoms with Crippen LogP contribution in [0.5, 0.6) is 0 Å². The molecule has 0 bridgehead atoms. The smallest absolute Gasteiger partial charge is 0.0618 e. The molecule has 0 aliphatic heterocycles. The van der Waals surface area contributed by atoms with E-state index in [-0.39, 0.29) is 0 Å². The van der Waals surface area contributed by atoms with Crippen molar-refractivity contribution >= 4 is 0 Å². The largest absolute Gasteiger partial charge is 0.383 e. The number of hydrogen-bond acceptors (Lipinski definition) is 2. The minimum absolute atomic E-state index is 0.315. The highest BCUT2D eigenvalue weighted by atomic mass is 16.5. The lowest BCUT2D eigenvalue weighted by atomic mass is 9.84. The van der Waals surface area contributed by atoms with Crippen molar-refractivity contribution in [2.75, 3.05) is 13.7 Å². The van der Waals surface area contributed by atoms with Gasteiger partial charge in [0.15, 0.2) is 0 Å². The first-order valence-electron chi connectivity index (χ1n) is 6.07. The molecule has 2 atom stereocenters. The van der Waals surface area contributed by atoms with Crippen molar-refractivity contribution in [3.05, 3.63) is 0 Å². The Morgan fingerprint density at radius 3 is 2.00 bits per heavy atom. The Kier molecular flexibility index (Phi) is 6.46. The second-order valence-corrected chi connectivity index (χ2v) is 5.80. The molecule has 0 saturated carbocycles. The quantitative estimate of drug-likeness (QED) is 0.735. The normalized spacial score (nSPS) is 16.8. The zero-order valence-corrected chi connectivity index (χ0v) is 11.6. The Hall–Kier alpha value is -0.0800. The van der Waals surface area contributed by atoms with Gasteiger partial charge in [0.2, 0.25) is 0 Å². The third-order valence-corrected chi connectivity index (χ3v) is 3.02. The Morgan fingerprint density at radius 1 is 1.20 bits per heavy atom. The predicted molar refractivity (Wildman–Crippen MR) is 67.2 cm³/mol. The second kappa shape index (κ2) is 6.49. The van der Waals surface area contributed by atoms with Crippen molar-refractivity contribution in [1.82, 2.24) is 5.32 Å². The van der Waals surface area contributed by atoms with Crippen LogP contribution in [0.25, 0.3) is 0 Å². The fraction of sp³-hybridized carbons (Fsp3) is 1.00. The number of methoxy groups -OCH3 is 1. The van der Waals surface area contributed by atoms with Gasteiger partial charge in [-0.3, -0.25) is 0 Å².